The summed E-state index contributed by atoms with van der Waals surface area (Å²) in [6, 6.07) is 17.6. The summed E-state index contributed by atoms with van der Waals surface area (Å²) in [4.78, 5) is 16.0. The van der Waals surface area contributed by atoms with Gasteiger partial charge >= 0.3 is 5.97 Å². The first-order chi connectivity index (χ1) is 16.5. The van der Waals surface area contributed by atoms with Crippen LogP contribution in [0.15, 0.2) is 65.2 Å². The summed E-state index contributed by atoms with van der Waals surface area (Å²) in [5.41, 5.74) is 3.74. The molecular weight excluding hydrogens is 439 g/mol. The van der Waals surface area contributed by atoms with Crippen LogP contribution < -0.4 is 4.74 Å². The smallest absolute Gasteiger partial charge is 0.340 e. The van der Waals surface area contributed by atoms with Crippen LogP contribution in [0.25, 0.3) is 34.0 Å². The molecule has 0 aliphatic carbocycles. The molecule has 8 heteroatoms. The van der Waals surface area contributed by atoms with Crippen LogP contribution in [0, 0.1) is 5.82 Å². The number of halogens is 1. The van der Waals surface area contributed by atoms with Gasteiger partial charge in [-0.1, -0.05) is 29.4 Å². The highest BCUT2D eigenvalue weighted by atomic mass is 19.1. The van der Waals surface area contributed by atoms with Gasteiger partial charge in [-0.3, -0.25) is 0 Å². The van der Waals surface area contributed by atoms with Crippen LogP contribution in [0.2, 0.25) is 0 Å². The van der Waals surface area contributed by atoms with Crippen LogP contribution in [0.1, 0.15) is 22.8 Å². The molecule has 0 bridgehead atoms. The SMILES string of the molecule is CCOc1ccccc1-c1ccc(-c2nc(-c3ccc(C(=O)OC)c(F)c3)no2)cc1COC. The molecule has 1 heterocycles. The van der Waals surface area contributed by atoms with Crippen molar-refractivity contribution in [3.8, 4) is 39.7 Å². The fourth-order valence-corrected chi connectivity index (χ4v) is 3.62. The number of hydrogen-bond donors (Lipinski definition) is 0. The second kappa shape index (κ2) is 10.3. The zero-order chi connectivity index (χ0) is 24.1. The Bertz CT molecular complexity index is 1320. The lowest BCUT2D eigenvalue weighted by molar-refractivity contribution is 0.0595. The van der Waals surface area contributed by atoms with E-state index in [1.54, 1.807) is 7.11 Å². The van der Waals surface area contributed by atoms with Crippen LogP contribution in [0.3, 0.4) is 0 Å². The van der Waals surface area contributed by atoms with Gasteiger partial charge in [-0.05, 0) is 54.4 Å². The molecule has 0 atom stereocenters. The molecule has 0 aliphatic heterocycles. The van der Waals surface area contributed by atoms with Gasteiger partial charge in [-0.25, -0.2) is 9.18 Å². The van der Waals surface area contributed by atoms with Crippen molar-refractivity contribution in [3.63, 3.8) is 0 Å². The average molecular weight is 462 g/mol. The molecule has 34 heavy (non-hydrogen) atoms. The molecule has 1 aromatic heterocycles. The number of carbonyl (C=O) groups is 1. The van der Waals surface area contributed by atoms with Crippen molar-refractivity contribution in [2.75, 3.05) is 20.8 Å². The first-order valence-electron chi connectivity index (χ1n) is 10.6. The van der Waals surface area contributed by atoms with E-state index in [1.165, 1.54) is 25.3 Å². The van der Waals surface area contributed by atoms with Crippen molar-refractivity contribution in [2.45, 2.75) is 13.5 Å². The van der Waals surface area contributed by atoms with E-state index in [4.69, 9.17) is 14.0 Å². The minimum absolute atomic E-state index is 0.165. The second-order valence-electron chi connectivity index (χ2n) is 7.34. The van der Waals surface area contributed by atoms with E-state index in [1.807, 2.05) is 49.4 Å². The Morgan fingerprint density at radius 2 is 1.79 bits per heavy atom. The number of benzene rings is 3. The highest BCUT2D eigenvalue weighted by molar-refractivity contribution is 5.90. The normalized spacial score (nSPS) is 10.8. The standard InChI is InChI=1S/C26H23FN2O5/c1-4-33-23-8-6-5-7-20(23)19-11-10-17(13-18(19)15-31-2)25-28-24(29-34-25)16-9-12-21(22(27)14-16)26(30)32-3/h5-14H,4,15H2,1-3H3. The average Bonchev–Trinajstić information content (AvgIpc) is 3.35. The first-order valence-corrected chi connectivity index (χ1v) is 10.6. The third-order valence-electron chi connectivity index (χ3n) is 5.19. The summed E-state index contributed by atoms with van der Waals surface area (Å²) >= 11 is 0. The van der Waals surface area contributed by atoms with Gasteiger partial charge < -0.3 is 18.7 Å². The van der Waals surface area contributed by atoms with Crippen molar-refractivity contribution >= 4 is 5.97 Å². The molecule has 0 spiro atoms. The van der Waals surface area contributed by atoms with Crippen molar-refractivity contribution in [1.29, 1.82) is 0 Å². The van der Waals surface area contributed by atoms with Crippen LogP contribution in [-0.2, 0) is 16.1 Å². The fraction of sp³-hybridized carbons (Fsp3) is 0.192. The molecule has 0 aliphatic rings. The maximum atomic E-state index is 14.3. The number of aromatic nitrogens is 2. The Labute approximate surface area is 196 Å². The number of carbonyl (C=O) groups excluding carboxylic acids is 1. The largest absolute Gasteiger partial charge is 0.493 e. The van der Waals surface area contributed by atoms with Gasteiger partial charge in [0.25, 0.3) is 5.89 Å². The quantitative estimate of drug-likeness (QED) is 0.318. The summed E-state index contributed by atoms with van der Waals surface area (Å²) in [7, 11) is 2.82. The molecule has 0 saturated heterocycles. The number of ether oxygens (including phenoxy) is 3. The van der Waals surface area contributed by atoms with E-state index in [2.05, 4.69) is 14.9 Å². The third-order valence-corrected chi connectivity index (χ3v) is 5.19. The summed E-state index contributed by atoms with van der Waals surface area (Å²) in [6.45, 7) is 2.86. The Morgan fingerprint density at radius 3 is 2.53 bits per heavy atom. The van der Waals surface area contributed by atoms with Crippen LogP contribution in [0.5, 0.6) is 5.75 Å². The summed E-state index contributed by atoms with van der Waals surface area (Å²) < 4.78 is 35.5. The summed E-state index contributed by atoms with van der Waals surface area (Å²) in [5.74, 6) is -0.226. The Hall–Kier alpha value is -4.04. The highest BCUT2D eigenvalue weighted by Gasteiger charge is 2.18. The zero-order valence-corrected chi connectivity index (χ0v) is 19.0. The summed E-state index contributed by atoms with van der Waals surface area (Å²) in [6.07, 6.45) is 0. The van der Waals surface area contributed by atoms with Gasteiger partial charge in [0.1, 0.15) is 11.6 Å². The maximum absolute atomic E-state index is 14.3. The van der Waals surface area contributed by atoms with Gasteiger partial charge in [-0.15, -0.1) is 0 Å². The minimum atomic E-state index is -0.755. The second-order valence-corrected chi connectivity index (χ2v) is 7.34. The number of nitrogens with zero attached hydrogens (tertiary/aromatic N) is 2. The van der Waals surface area contributed by atoms with Gasteiger partial charge in [-0.2, -0.15) is 4.98 Å². The molecule has 174 valence electrons. The topological polar surface area (TPSA) is 83.7 Å². The molecule has 7 nitrogen and oxygen atoms in total. The predicted molar refractivity (Wildman–Crippen MR) is 124 cm³/mol. The third kappa shape index (κ3) is 4.67. The molecule has 4 rings (SSSR count). The number of hydrogen-bond acceptors (Lipinski definition) is 7. The minimum Gasteiger partial charge on any atom is -0.493 e. The van der Waals surface area contributed by atoms with E-state index < -0.39 is 11.8 Å². The molecular formula is C26H23FN2O5. The molecule has 0 N–H and O–H groups in total. The lowest BCUT2D eigenvalue weighted by atomic mass is 9.97. The van der Waals surface area contributed by atoms with Crippen molar-refractivity contribution in [3.05, 3.63) is 77.6 Å². The molecule has 0 amide bonds. The first kappa shape index (κ1) is 23.1. The van der Waals surface area contributed by atoms with Crippen molar-refractivity contribution < 1.29 is 27.9 Å². The molecule has 0 radical (unpaired) electrons. The van der Waals surface area contributed by atoms with E-state index >= 15 is 0 Å². The molecule has 3 aromatic carbocycles. The van der Waals surface area contributed by atoms with Gasteiger partial charge in [0, 0.05) is 23.8 Å². The molecule has 0 fully saturated rings. The Balaban J connectivity index is 1.68. The van der Waals surface area contributed by atoms with E-state index in [-0.39, 0.29) is 17.3 Å². The number of para-hydroxylation sites is 1. The van der Waals surface area contributed by atoms with E-state index in [0.717, 1.165) is 22.4 Å². The van der Waals surface area contributed by atoms with Gasteiger partial charge in [0.2, 0.25) is 5.82 Å². The predicted octanol–water partition coefficient (Wildman–Crippen LogP) is 5.54. The zero-order valence-electron chi connectivity index (χ0n) is 19.0. The lowest BCUT2D eigenvalue weighted by Crippen LogP contribution is -2.04. The number of esters is 1. The van der Waals surface area contributed by atoms with Gasteiger partial charge in [0.05, 0.1) is 25.9 Å². The van der Waals surface area contributed by atoms with Crippen LogP contribution in [-0.4, -0.2) is 36.9 Å². The van der Waals surface area contributed by atoms with Crippen molar-refractivity contribution in [1.82, 2.24) is 10.1 Å². The van der Waals surface area contributed by atoms with E-state index in [9.17, 15) is 9.18 Å². The molecule has 0 unspecified atom stereocenters. The highest BCUT2D eigenvalue weighted by Crippen LogP contribution is 2.35. The Kier molecular flexibility index (Phi) is 6.98. The van der Waals surface area contributed by atoms with E-state index in [0.29, 0.717) is 24.3 Å². The fourth-order valence-electron chi connectivity index (χ4n) is 3.62. The van der Waals surface area contributed by atoms with Gasteiger partial charge in [0.15, 0.2) is 0 Å². The molecule has 4 aromatic rings. The summed E-state index contributed by atoms with van der Waals surface area (Å²) in [5, 5.41) is 3.97. The van der Waals surface area contributed by atoms with Crippen molar-refractivity contribution in [2.24, 2.45) is 0 Å². The Morgan fingerprint density at radius 1 is 1.00 bits per heavy atom. The molecule has 0 saturated carbocycles. The van der Waals surface area contributed by atoms with Crippen LogP contribution >= 0.6 is 0 Å². The maximum Gasteiger partial charge on any atom is 0.340 e. The number of rotatable bonds is 8. The monoisotopic (exact) mass is 462 g/mol. The number of methoxy groups -OCH3 is 2. The lowest BCUT2D eigenvalue weighted by Gasteiger charge is -2.14. The van der Waals surface area contributed by atoms with Crippen LogP contribution in [0.4, 0.5) is 4.39 Å².